The van der Waals surface area contributed by atoms with E-state index >= 15 is 0 Å². The minimum atomic E-state index is -0.0601. The predicted octanol–water partition coefficient (Wildman–Crippen LogP) is 4.81. The molecule has 0 spiro atoms. The van der Waals surface area contributed by atoms with Crippen LogP contribution in [-0.2, 0) is 4.79 Å². The number of benzene rings is 2. The molecule has 0 atom stereocenters. The number of hydrogen-bond donors (Lipinski definition) is 0. The number of carbonyl (C=O) groups excluding carboxylic acids is 1. The maximum absolute atomic E-state index is 12.6. The number of thiocarbonyl (C=S) groups is 1. The van der Waals surface area contributed by atoms with Crippen LogP contribution in [0.4, 0.5) is 5.69 Å². The quantitative estimate of drug-likeness (QED) is 0.452. The molecule has 0 aromatic heterocycles. The Balaban J connectivity index is 1.88. The molecule has 1 fully saturated rings. The number of hydrogen-bond acceptors (Lipinski definition) is 4. The van der Waals surface area contributed by atoms with Gasteiger partial charge in [0.1, 0.15) is 0 Å². The molecular weight excluding hydrogens is 330 g/mol. The summed E-state index contributed by atoms with van der Waals surface area (Å²) in [5.41, 5.74) is 1.82. The summed E-state index contributed by atoms with van der Waals surface area (Å²) in [6.45, 7) is 0. The van der Waals surface area contributed by atoms with Gasteiger partial charge in [0.15, 0.2) is 4.32 Å². The molecular formula is C17H13NOS3. The van der Waals surface area contributed by atoms with E-state index in [1.807, 2.05) is 54.8 Å². The summed E-state index contributed by atoms with van der Waals surface area (Å²) in [6, 6.07) is 17.6. The largest absolute Gasteiger partial charge is 0.270 e. The third-order valence-electron chi connectivity index (χ3n) is 3.22. The van der Waals surface area contributed by atoms with Crippen LogP contribution >= 0.6 is 35.7 Å². The highest BCUT2D eigenvalue weighted by atomic mass is 32.2. The lowest BCUT2D eigenvalue weighted by Gasteiger charge is -2.13. The molecule has 0 aliphatic carbocycles. The SMILES string of the molecule is CSc1ccc(C=C2SC(=S)N(c3ccccc3)C2=O)cc1. The van der Waals surface area contributed by atoms with E-state index in [2.05, 4.69) is 12.1 Å². The average Bonchev–Trinajstić information content (AvgIpc) is 2.83. The first-order valence-corrected chi connectivity index (χ1v) is 9.11. The molecule has 2 nitrogen and oxygen atoms in total. The van der Waals surface area contributed by atoms with Crippen LogP contribution in [0.2, 0.25) is 0 Å². The van der Waals surface area contributed by atoms with E-state index in [-0.39, 0.29) is 5.91 Å². The molecule has 3 rings (SSSR count). The first kappa shape index (κ1) is 15.3. The highest BCUT2D eigenvalue weighted by molar-refractivity contribution is 8.27. The number of carbonyl (C=O) groups is 1. The van der Waals surface area contributed by atoms with Crippen molar-refractivity contribution in [2.75, 3.05) is 11.2 Å². The fraction of sp³-hybridized carbons (Fsp3) is 0.0588. The highest BCUT2D eigenvalue weighted by Crippen LogP contribution is 2.35. The molecule has 1 amide bonds. The summed E-state index contributed by atoms with van der Waals surface area (Å²) in [7, 11) is 0. The second-order valence-corrected chi connectivity index (χ2v) is 7.18. The monoisotopic (exact) mass is 343 g/mol. The smallest absolute Gasteiger partial charge is 0.268 e. The standard InChI is InChI=1S/C17H13NOS3/c1-21-14-9-7-12(8-10-14)11-15-16(19)18(17(20)22-15)13-5-3-2-4-6-13/h2-11H,1H3. The summed E-state index contributed by atoms with van der Waals surface area (Å²) in [6.07, 6.45) is 3.94. The van der Waals surface area contributed by atoms with Crippen molar-refractivity contribution in [2.24, 2.45) is 0 Å². The highest BCUT2D eigenvalue weighted by Gasteiger charge is 2.33. The van der Waals surface area contributed by atoms with Crippen molar-refractivity contribution in [1.82, 2.24) is 0 Å². The summed E-state index contributed by atoms with van der Waals surface area (Å²) in [5.74, 6) is -0.0601. The molecule has 2 aromatic carbocycles. The van der Waals surface area contributed by atoms with E-state index in [1.54, 1.807) is 16.7 Å². The third-order valence-corrected chi connectivity index (χ3v) is 5.27. The first-order chi connectivity index (χ1) is 10.7. The van der Waals surface area contributed by atoms with Gasteiger partial charge in [-0.1, -0.05) is 54.3 Å². The van der Waals surface area contributed by atoms with Gasteiger partial charge in [0.05, 0.1) is 10.6 Å². The van der Waals surface area contributed by atoms with Crippen molar-refractivity contribution < 1.29 is 4.79 Å². The molecule has 1 aliphatic rings. The lowest BCUT2D eigenvalue weighted by atomic mass is 10.2. The Morgan fingerprint density at radius 3 is 2.41 bits per heavy atom. The Kier molecular flexibility index (Phi) is 4.66. The molecule has 2 aromatic rings. The van der Waals surface area contributed by atoms with Crippen molar-refractivity contribution in [3.63, 3.8) is 0 Å². The third kappa shape index (κ3) is 3.11. The van der Waals surface area contributed by atoms with Crippen molar-refractivity contribution in [3.8, 4) is 0 Å². The van der Waals surface area contributed by atoms with Crippen LogP contribution in [0.3, 0.4) is 0 Å². The maximum atomic E-state index is 12.6. The van der Waals surface area contributed by atoms with E-state index in [4.69, 9.17) is 12.2 Å². The summed E-state index contributed by atoms with van der Waals surface area (Å²) >= 11 is 8.40. The van der Waals surface area contributed by atoms with Gasteiger partial charge in [0.25, 0.3) is 5.91 Å². The van der Waals surface area contributed by atoms with Crippen molar-refractivity contribution in [3.05, 3.63) is 65.1 Å². The number of nitrogens with zero attached hydrogens (tertiary/aromatic N) is 1. The Hall–Kier alpha value is -1.56. The van der Waals surface area contributed by atoms with Crippen LogP contribution in [0.25, 0.3) is 6.08 Å². The normalized spacial score (nSPS) is 16.6. The second kappa shape index (κ2) is 6.69. The van der Waals surface area contributed by atoms with Crippen LogP contribution in [0.15, 0.2) is 64.4 Å². The van der Waals surface area contributed by atoms with Gasteiger partial charge >= 0.3 is 0 Å². The lowest BCUT2D eigenvalue weighted by Crippen LogP contribution is -2.27. The van der Waals surface area contributed by atoms with Crippen LogP contribution < -0.4 is 4.90 Å². The van der Waals surface area contributed by atoms with Crippen LogP contribution in [0.5, 0.6) is 0 Å². The van der Waals surface area contributed by atoms with E-state index in [1.165, 1.54) is 16.7 Å². The molecule has 0 radical (unpaired) electrons. The van der Waals surface area contributed by atoms with Crippen LogP contribution in [0, 0.1) is 0 Å². The molecule has 1 saturated heterocycles. The fourth-order valence-electron chi connectivity index (χ4n) is 2.12. The Morgan fingerprint density at radius 1 is 1.09 bits per heavy atom. The molecule has 110 valence electrons. The van der Waals surface area contributed by atoms with Crippen molar-refractivity contribution >= 4 is 57.7 Å². The molecule has 1 aliphatic heterocycles. The summed E-state index contributed by atoms with van der Waals surface area (Å²) in [5, 5.41) is 0. The number of rotatable bonds is 3. The Morgan fingerprint density at radius 2 is 1.77 bits per heavy atom. The van der Waals surface area contributed by atoms with Crippen molar-refractivity contribution in [2.45, 2.75) is 4.90 Å². The molecule has 5 heteroatoms. The molecule has 0 unspecified atom stereocenters. The molecule has 0 N–H and O–H groups in total. The van der Waals surface area contributed by atoms with Gasteiger partial charge in [-0.15, -0.1) is 11.8 Å². The van der Waals surface area contributed by atoms with Crippen molar-refractivity contribution in [1.29, 1.82) is 0 Å². The number of anilines is 1. The average molecular weight is 343 g/mol. The van der Waals surface area contributed by atoms with E-state index in [9.17, 15) is 4.79 Å². The van der Waals surface area contributed by atoms with Gasteiger partial charge in [-0.05, 0) is 42.2 Å². The molecule has 0 bridgehead atoms. The minimum Gasteiger partial charge on any atom is -0.268 e. The number of thioether (sulfide) groups is 2. The molecule has 22 heavy (non-hydrogen) atoms. The van der Waals surface area contributed by atoms with Gasteiger partial charge < -0.3 is 0 Å². The lowest BCUT2D eigenvalue weighted by molar-refractivity contribution is -0.113. The first-order valence-electron chi connectivity index (χ1n) is 6.66. The fourth-order valence-corrected chi connectivity index (χ4v) is 3.83. The van der Waals surface area contributed by atoms with Gasteiger partial charge in [0.2, 0.25) is 0 Å². The minimum absolute atomic E-state index is 0.0601. The molecule has 0 saturated carbocycles. The van der Waals surface area contributed by atoms with E-state index in [0.717, 1.165) is 11.3 Å². The molecule has 1 heterocycles. The van der Waals surface area contributed by atoms with Crippen LogP contribution in [-0.4, -0.2) is 16.5 Å². The number of para-hydroxylation sites is 1. The van der Waals surface area contributed by atoms with Gasteiger partial charge in [-0.25, -0.2) is 0 Å². The Bertz CT molecular complexity index is 738. The van der Waals surface area contributed by atoms with Gasteiger partial charge in [0, 0.05) is 4.90 Å². The zero-order chi connectivity index (χ0) is 15.5. The maximum Gasteiger partial charge on any atom is 0.270 e. The van der Waals surface area contributed by atoms with E-state index < -0.39 is 0 Å². The van der Waals surface area contributed by atoms with Crippen LogP contribution in [0.1, 0.15) is 5.56 Å². The Labute approximate surface area is 143 Å². The zero-order valence-corrected chi connectivity index (χ0v) is 14.3. The predicted molar refractivity (Wildman–Crippen MR) is 100 cm³/mol. The zero-order valence-electron chi connectivity index (χ0n) is 11.9. The topological polar surface area (TPSA) is 20.3 Å². The number of amides is 1. The van der Waals surface area contributed by atoms with E-state index in [0.29, 0.717) is 9.23 Å². The second-order valence-electron chi connectivity index (χ2n) is 4.63. The summed E-state index contributed by atoms with van der Waals surface area (Å²) in [4.78, 5) is 16.0. The van der Waals surface area contributed by atoms with Gasteiger partial charge in [-0.2, -0.15) is 0 Å². The van der Waals surface area contributed by atoms with Gasteiger partial charge in [-0.3, -0.25) is 9.69 Å². The summed E-state index contributed by atoms with van der Waals surface area (Å²) < 4.78 is 0.572.